The first-order valence-electron chi connectivity index (χ1n) is 4.54. The van der Waals surface area contributed by atoms with Crippen molar-refractivity contribution in [2.24, 2.45) is 0 Å². The average molecular weight is 211 g/mol. The molecule has 0 N–H and O–H groups in total. The topological polar surface area (TPSA) is 30.0 Å². The molecule has 2 rings (SSSR count). The Kier molecular flexibility index (Phi) is 2.82. The highest BCUT2D eigenvalue weighted by Gasteiger charge is 2.24. The summed E-state index contributed by atoms with van der Waals surface area (Å²) in [5.74, 6) is 0.595. The zero-order valence-corrected chi connectivity index (χ0v) is 8.39. The van der Waals surface area contributed by atoms with Gasteiger partial charge in [0.1, 0.15) is 5.82 Å². The summed E-state index contributed by atoms with van der Waals surface area (Å²) in [7, 11) is 0. The molecular weight excluding hydrogens is 201 g/mol. The summed E-state index contributed by atoms with van der Waals surface area (Å²) in [6, 6.07) is 1.26. The first-order chi connectivity index (χ1) is 6.77. The minimum atomic E-state index is -0.446. The van der Waals surface area contributed by atoms with Crippen molar-refractivity contribution in [3.05, 3.63) is 29.8 Å². The molecular formula is C10H10FNOS. The second-order valence-corrected chi connectivity index (χ2v) is 4.57. The number of rotatable bonds is 2. The number of carbonyl (C=O) groups excluding carboxylic acids is 1. The maximum absolute atomic E-state index is 12.8. The first-order valence-corrected chi connectivity index (χ1v) is 5.58. The predicted octanol–water partition coefficient (Wildman–Crippen LogP) is 2.30. The second-order valence-electron chi connectivity index (χ2n) is 3.26. The van der Waals surface area contributed by atoms with E-state index in [9.17, 15) is 9.18 Å². The van der Waals surface area contributed by atoms with Gasteiger partial charge in [0.05, 0.1) is 11.4 Å². The molecule has 2 nitrogen and oxygen atoms in total. The lowest BCUT2D eigenvalue weighted by molar-refractivity contribution is 0.0987. The Morgan fingerprint density at radius 3 is 3.07 bits per heavy atom. The standard InChI is InChI=1S/C10H10FNOS/c11-8-4-7(5-12-6-8)10(13)9-2-1-3-14-9/h4-6,9H,1-3H2. The van der Waals surface area contributed by atoms with E-state index in [4.69, 9.17) is 0 Å². The number of thioether (sulfide) groups is 1. The lowest BCUT2D eigenvalue weighted by Gasteiger charge is -2.06. The van der Waals surface area contributed by atoms with Gasteiger partial charge in [0.25, 0.3) is 0 Å². The molecule has 0 radical (unpaired) electrons. The molecule has 1 aliphatic heterocycles. The third-order valence-electron chi connectivity index (χ3n) is 2.21. The Morgan fingerprint density at radius 2 is 2.43 bits per heavy atom. The van der Waals surface area contributed by atoms with Crippen LogP contribution >= 0.6 is 11.8 Å². The lowest BCUT2D eigenvalue weighted by Crippen LogP contribution is -2.14. The molecule has 1 fully saturated rings. The SMILES string of the molecule is O=C(c1cncc(F)c1)C1CCCS1. The van der Waals surface area contributed by atoms with Crippen molar-refractivity contribution in [1.82, 2.24) is 4.98 Å². The minimum Gasteiger partial charge on any atom is -0.293 e. The number of carbonyl (C=O) groups is 1. The number of aromatic nitrogens is 1. The molecule has 0 saturated carbocycles. The highest BCUT2D eigenvalue weighted by atomic mass is 32.2. The van der Waals surface area contributed by atoms with Crippen molar-refractivity contribution >= 4 is 17.5 Å². The van der Waals surface area contributed by atoms with Crippen molar-refractivity contribution in [3.8, 4) is 0 Å². The molecule has 74 valence electrons. The van der Waals surface area contributed by atoms with Crippen LogP contribution in [0.5, 0.6) is 0 Å². The number of halogens is 1. The third-order valence-corrected chi connectivity index (χ3v) is 3.59. The van der Waals surface area contributed by atoms with Crippen LogP contribution in [-0.2, 0) is 0 Å². The molecule has 0 amide bonds. The van der Waals surface area contributed by atoms with Crippen molar-refractivity contribution in [3.63, 3.8) is 0 Å². The van der Waals surface area contributed by atoms with Gasteiger partial charge in [-0.15, -0.1) is 0 Å². The summed E-state index contributed by atoms with van der Waals surface area (Å²) in [4.78, 5) is 15.4. The van der Waals surface area contributed by atoms with Crippen LogP contribution in [-0.4, -0.2) is 21.8 Å². The van der Waals surface area contributed by atoms with E-state index >= 15 is 0 Å². The van der Waals surface area contributed by atoms with E-state index in [1.807, 2.05) is 0 Å². The van der Waals surface area contributed by atoms with Crippen molar-refractivity contribution in [2.45, 2.75) is 18.1 Å². The molecule has 0 aliphatic carbocycles. The number of nitrogens with zero attached hydrogens (tertiary/aromatic N) is 1. The van der Waals surface area contributed by atoms with E-state index in [1.54, 1.807) is 11.8 Å². The van der Waals surface area contributed by atoms with Gasteiger partial charge in [0.2, 0.25) is 0 Å². The van der Waals surface area contributed by atoms with Gasteiger partial charge in [0, 0.05) is 11.8 Å². The molecule has 1 aromatic heterocycles. The van der Waals surface area contributed by atoms with Crippen LogP contribution < -0.4 is 0 Å². The zero-order valence-electron chi connectivity index (χ0n) is 7.57. The lowest BCUT2D eigenvalue weighted by atomic mass is 10.1. The maximum Gasteiger partial charge on any atom is 0.177 e. The van der Waals surface area contributed by atoms with Crippen molar-refractivity contribution < 1.29 is 9.18 Å². The van der Waals surface area contributed by atoms with Crippen LogP contribution in [0.2, 0.25) is 0 Å². The molecule has 1 aromatic rings. The van der Waals surface area contributed by atoms with E-state index in [2.05, 4.69) is 4.98 Å². The van der Waals surface area contributed by atoms with Crippen LogP contribution in [0.25, 0.3) is 0 Å². The summed E-state index contributed by atoms with van der Waals surface area (Å²) in [6.45, 7) is 0. The molecule has 0 bridgehead atoms. The Balaban J connectivity index is 2.17. The zero-order chi connectivity index (χ0) is 9.97. The first kappa shape index (κ1) is 9.65. The van der Waals surface area contributed by atoms with Gasteiger partial charge >= 0.3 is 0 Å². The fourth-order valence-electron chi connectivity index (χ4n) is 1.52. The van der Waals surface area contributed by atoms with Gasteiger partial charge in [-0.2, -0.15) is 11.8 Å². The predicted molar refractivity (Wildman–Crippen MR) is 54.0 cm³/mol. The van der Waals surface area contributed by atoms with Gasteiger partial charge in [-0.05, 0) is 24.7 Å². The molecule has 1 saturated heterocycles. The molecule has 0 aromatic carbocycles. The van der Waals surface area contributed by atoms with E-state index in [0.717, 1.165) is 24.8 Å². The van der Waals surface area contributed by atoms with Gasteiger partial charge in [0.15, 0.2) is 5.78 Å². The number of Topliss-reactive ketones (excluding diaryl/α,β-unsaturated/α-hetero) is 1. The van der Waals surface area contributed by atoms with E-state index < -0.39 is 5.82 Å². The van der Waals surface area contributed by atoms with Crippen molar-refractivity contribution in [1.29, 1.82) is 0 Å². The van der Waals surface area contributed by atoms with Gasteiger partial charge in [-0.25, -0.2) is 4.39 Å². The molecule has 4 heteroatoms. The van der Waals surface area contributed by atoms with E-state index in [-0.39, 0.29) is 11.0 Å². The Morgan fingerprint density at radius 1 is 1.57 bits per heavy atom. The second kappa shape index (κ2) is 4.09. The minimum absolute atomic E-state index is 0.0126. The molecule has 2 heterocycles. The largest absolute Gasteiger partial charge is 0.293 e. The summed E-state index contributed by atoms with van der Waals surface area (Å²) in [5, 5.41) is 0.0126. The normalized spacial score (nSPS) is 21.1. The summed E-state index contributed by atoms with van der Waals surface area (Å²) in [6.07, 6.45) is 4.52. The summed E-state index contributed by atoms with van der Waals surface area (Å²) < 4.78 is 12.8. The number of hydrogen-bond donors (Lipinski definition) is 0. The monoisotopic (exact) mass is 211 g/mol. The van der Waals surface area contributed by atoms with Crippen LogP contribution in [0.4, 0.5) is 4.39 Å². The third kappa shape index (κ3) is 1.95. The fourth-order valence-corrected chi connectivity index (χ4v) is 2.76. The average Bonchev–Trinajstić information content (AvgIpc) is 2.69. The summed E-state index contributed by atoms with van der Waals surface area (Å²) in [5.41, 5.74) is 0.393. The molecule has 1 unspecified atom stereocenters. The highest BCUT2D eigenvalue weighted by Crippen LogP contribution is 2.28. The molecule has 0 spiro atoms. The van der Waals surface area contributed by atoms with E-state index in [0.29, 0.717) is 5.56 Å². The van der Waals surface area contributed by atoms with Gasteiger partial charge < -0.3 is 0 Å². The van der Waals surface area contributed by atoms with Crippen LogP contribution in [0, 0.1) is 5.82 Å². The van der Waals surface area contributed by atoms with Gasteiger partial charge in [-0.1, -0.05) is 0 Å². The van der Waals surface area contributed by atoms with Gasteiger partial charge in [-0.3, -0.25) is 9.78 Å². The smallest absolute Gasteiger partial charge is 0.177 e. The number of ketones is 1. The molecule has 1 aliphatic rings. The summed E-state index contributed by atoms with van der Waals surface area (Å²) >= 11 is 1.65. The van der Waals surface area contributed by atoms with Crippen LogP contribution in [0.1, 0.15) is 23.2 Å². The maximum atomic E-state index is 12.8. The molecule has 14 heavy (non-hydrogen) atoms. The highest BCUT2D eigenvalue weighted by molar-refractivity contribution is 8.00. The van der Waals surface area contributed by atoms with Crippen LogP contribution in [0.15, 0.2) is 18.5 Å². The number of hydrogen-bond acceptors (Lipinski definition) is 3. The number of pyridine rings is 1. The van der Waals surface area contributed by atoms with Crippen molar-refractivity contribution in [2.75, 3.05) is 5.75 Å². The Bertz CT molecular complexity index is 350. The quantitative estimate of drug-likeness (QED) is 0.703. The molecule has 1 atom stereocenters. The van der Waals surface area contributed by atoms with E-state index in [1.165, 1.54) is 12.3 Å². The fraction of sp³-hybridized carbons (Fsp3) is 0.400. The Hall–Kier alpha value is -0.900. The Labute approximate surface area is 85.9 Å². The van der Waals surface area contributed by atoms with Crippen LogP contribution in [0.3, 0.4) is 0 Å².